The van der Waals surface area contributed by atoms with Crippen molar-refractivity contribution in [3.63, 3.8) is 0 Å². The molecule has 0 aliphatic carbocycles. The second-order valence-electron chi connectivity index (χ2n) is 2.85. The van der Waals surface area contributed by atoms with E-state index >= 15 is 0 Å². The summed E-state index contributed by atoms with van der Waals surface area (Å²) in [4.78, 5) is 11.2. The molecule has 1 aromatic carbocycles. The zero-order valence-corrected chi connectivity index (χ0v) is 9.13. The van der Waals surface area contributed by atoms with Gasteiger partial charge in [0.1, 0.15) is 0 Å². The van der Waals surface area contributed by atoms with Crippen LogP contribution in [-0.4, -0.2) is 10.7 Å². The predicted molar refractivity (Wildman–Crippen MR) is 58.9 cm³/mol. The number of nitro groups is 1. The summed E-state index contributed by atoms with van der Waals surface area (Å²) in [5.74, 6) is 0.853. The number of hydrogen-bond acceptors (Lipinski definition) is 3. The topological polar surface area (TPSA) is 43.1 Å². The van der Waals surface area contributed by atoms with E-state index in [1.165, 1.54) is 11.8 Å². The van der Waals surface area contributed by atoms with Gasteiger partial charge < -0.3 is 0 Å². The molecule has 3 nitrogen and oxygen atoms in total. The SMILES string of the molecule is CCSc1ccc(CC)cc1[N+](=O)[O-]. The van der Waals surface area contributed by atoms with Crippen LogP contribution in [0, 0.1) is 10.1 Å². The number of thioether (sulfide) groups is 1. The summed E-state index contributed by atoms with van der Waals surface area (Å²) < 4.78 is 0. The number of benzene rings is 1. The van der Waals surface area contributed by atoms with Gasteiger partial charge in [0.05, 0.1) is 9.82 Å². The van der Waals surface area contributed by atoms with E-state index in [4.69, 9.17) is 0 Å². The van der Waals surface area contributed by atoms with E-state index in [9.17, 15) is 10.1 Å². The minimum atomic E-state index is -0.308. The number of nitrogens with zero attached hydrogens (tertiary/aromatic N) is 1. The van der Waals surface area contributed by atoms with E-state index < -0.39 is 0 Å². The van der Waals surface area contributed by atoms with E-state index in [-0.39, 0.29) is 10.6 Å². The van der Waals surface area contributed by atoms with Gasteiger partial charge in [-0.15, -0.1) is 11.8 Å². The van der Waals surface area contributed by atoms with Crippen molar-refractivity contribution in [3.8, 4) is 0 Å². The van der Waals surface area contributed by atoms with Crippen molar-refractivity contribution in [1.29, 1.82) is 0 Å². The van der Waals surface area contributed by atoms with Crippen LogP contribution in [0.5, 0.6) is 0 Å². The fourth-order valence-corrected chi connectivity index (χ4v) is 1.96. The smallest absolute Gasteiger partial charge is 0.258 e. The molecule has 0 aromatic heterocycles. The fraction of sp³-hybridized carbons (Fsp3) is 0.400. The summed E-state index contributed by atoms with van der Waals surface area (Å²) in [5.41, 5.74) is 1.24. The molecule has 0 aliphatic heterocycles. The van der Waals surface area contributed by atoms with Crippen LogP contribution in [-0.2, 0) is 6.42 Å². The third-order valence-corrected chi connectivity index (χ3v) is 2.87. The quantitative estimate of drug-likeness (QED) is 0.436. The van der Waals surface area contributed by atoms with Crippen molar-refractivity contribution in [2.24, 2.45) is 0 Å². The van der Waals surface area contributed by atoms with E-state index in [2.05, 4.69) is 0 Å². The Hall–Kier alpha value is -1.03. The first-order valence-electron chi connectivity index (χ1n) is 4.59. The summed E-state index contributed by atoms with van der Waals surface area (Å²) in [7, 11) is 0. The summed E-state index contributed by atoms with van der Waals surface area (Å²) in [6.07, 6.45) is 0.831. The normalized spacial score (nSPS) is 10.1. The van der Waals surface area contributed by atoms with Gasteiger partial charge >= 0.3 is 0 Å². The van der Waals surface area contributed by atoms with E-state index in [1.54, 1.807) is 6.07 Å². The highest BCUT2D eigenvalue weighted by molar-refractivity contribution is 7.99. The van der Waals surface area contributed by atoms with E-state index in [0.717, 1.165) is 22.6 Å². The van der Waals surface area contributed by atoms with Crippen molar-refractivity contribution >= 4 is 17.4 Å². The predicted octanol–water partition coefficient (Wildman–Crippen LogP) is 3.27. The summed E-state index contributed by atoms with van der Waals surface area (Å²) in [6, 6.07) is 5.45. The van der Waals surface area contributed by atoms with Crippen molar-refractivity contribution in [2.45, 2.75) is 25.2 Å². The highest BCUT2D eigenvalue weighted by Gasteiger charge is 2.13. The third kappa shape index (κ3) is 2.48. The van der Waals surface area contributed by atoms with Crippen LogP contribution in [0.25, 0.3) is 0 Å². The maximum Gasteiger partial charge on any atom is 0.283 e. The molecule has 1 aromatic rings. The van der Waals surface area contributed by atoms with Gasteiger partial charge in [-0.2, -0.15) is 0 Å². The fourth-order valence-electron chi connectivity index (χ4n) is 1.20. The van der Waals surface area contributed by atoms with Crippen molar-refractivity contribution < 1.29 is 4.92 Å². The van der Waals surface area contributed by atoms with Crippen molar-refractivity contribution in [2.75, 3.05) is 5.75 Å². The van der Waals surface area contributed by atoms with Gasteiger partial charge in [-0.25, -0.2) is 0 Å². The summed E-state index contributed by atoms with van der Waals surface area (Å²) >= 11 is 1.51. The molecule has 1 rings (SSSR count). The number of rotatable bonds is 4. The molecule has 76 valence electrons. The second kappa shape index (κ2) is 5.00. The molecule has 0 heterocycles. The molecule has 0 spiro atoms. The van der Waals surface area contributed by atoms with Gasteiger partial charge in [0.2, 0.25) is 0 Å². The number of aryl methyl sites for hydroxylation is 1. The Balaban J connectivity index is 3.10. The molecule has 0 aliphatic rings. The lowest BCUT2D eigenvalue weighted by Gasteiger charge is -2.02. The first-order chi connectivity index (χ1) is 6.69. The van der Waals surface area contributed by atoms with Gasteiger partial charge in [-0.05, 0) is 23.8 Å². The molecule has 4 heteroatoms. The van der Waals surface area contributed by atoms with E-state index in [0.29, 0.717) is 0 Å². The van der Waals surface area contributed by atoms with Crippen LogP contribution >= 0.6 is 11.8 Å². The highest BCUT2D eigenvalue weighted by atomic mass is 32.2. The molecule has 0 amide bonds. The maximum atomic E-state index is 10.8. The Labute approximate surface area is 87.7 Å². The zero-order valence-electron chi connectivity index (χ0n) is 8.32. The molecule has 0 unspecified atom stereocenters. The average molecular weight is 211 g/mol. The molecule has 14 heavy (non-hydrogen) atoms. The van der Waals surface area contributed by atoms with Crippen LogP contribution in [0.15, 0.2) is 23.1 Å². The summed E-state index contributed by atoms with van der Waals surface area (Å²) in [5, 5.41) is 10.8. The lowest BCUT2D eigenvalue weighted by molar-refractivity contribution is -0.387. The molecule has 0 saturated heterocycles. The number of hydrogen-bond donors (Lipinski definition) is 0. The van der Waals surface area contributed by atoms with Crippen molar-refractivity contribution in [1.82, 2.24) is 0 Å². The van der Waals surface area contributed by atoms with Crippen LogP contribution < -0.4 is 0 Å². The van der Waals surface area contributed by atoms with Crippen LogP contribution in [0.3, 0.4) is 0 Å². The molecule has 0 atom stereocenters. The van der Waals surface area contributed by atoms with Gasteiger partial charge in [0.15, 0.2) is 0 Å². The van der Waals surface area contributed by atoms with Crippen molar-refractivity contribution in [3.05, 3.63) is 33.9 Å². The molecule has 0 saturated carbocycles. The first kappa shape index (κ1) is 11.0. The van der Waals surface area contributed by atoms with Gasteiger partial charge in [-0.1, -0.05) is 19.9 Å². The van der Waals surface area contributed by atoms with Gasteiger partial charge in [-0.3, -0.25) is 10.1 Å². The highest BCUT2D eigenvalue weighted by Crippen LogP contribution is 2.29. The van der Waals surface area contributed by atoms with Gasteiger partial charge in [0.25, 0.3) is 5.69 Å². The minimum absolute atomic E-state index is 0.233. The minimum Gasteiger partial charge on any atom is -0.258 e. The molecular weight excluding hydrogens is 198 g/mol. The zero-order chi connectivity index (χ0) is 10.6. The Morgan fingerprint density at radius 2 is 2.14 bits per heavy atom. The number of nitro benzene ring substituents is 1. The largest absolute Gasteiger partial charge is 0.283 e. The standard InChI is InChI=1S/C10H13NO2S/c1-3-8-5-6-10(14-4-2)9(7-8)11(12)13/h5-7H,3-4H2,1-2H3. The van der Waals surface area contributed by atoms with Crippen LogP contribution in [0.2, 0.25) is 0 Å². The van der Waals surface area contributed by atoms with Crippen LogP contribution in [0.4, 0.5) is 5.69 Å². The first-order valence-corrected chi connectivity index (χ1v) is 5.57. The lowest BCUT2D eigenvalue weighted by atomic mass is 10.1. The monoisotopic (exact) mass is 211 g/mol. The van der Waals surface area contributed by atoms with E-state index in [1.807, 2.05) is 26.0 Å². The molecule has 0 fully saturated rings. The average Bonchev–Trinajstić information content (AvgIpc) is 2.18. The third-order valence-electron chi connectivity index (χ3n) is 1.93. The molecule has 0 bridgehead atoms. The maximum absolute atomic E-state index is 10.8. The Morgan fingerprint density at radius 1 is 1.43 bits per heavy atom. The molecular formula is C10H13NO2S. The Kier molecular flexibility index (Phi) is 3.95. The van der Waals surface area contributed by atoms with Crippen LogP contribution in [0.1, 0.15) is 19.4 Å². The molecule has 0 N–H and O–H groups in total. The van der Waals surface area contributed by atoms with Gasteiger partial charge in [0, 0.05) is 6.07 Å². The lowest BCUT2D eigenvalue weighted by Crippen LogP contribution is -1.93. The Morgan fingerprint density at radius 3 is 2.64 bits per heavy atom. The summed E-state index contributed by atoms with van der Waals surface area (Å²) in [6.45, 7) is 3.98. The second-order valence-corrected chi connectivity index (χ2v) is 4.15. The molecule has 0 radical (unpaired) electrons. The Bertz CT molecular complexity index is 339.